The van der Waals surface area contributed by atoms with Gasteiger partial charge in [-0.15, -0.1) is 0 Å². The van der Waals surface area contributed by atoms with Gasteiger partial charge in [-0.3, -0.25) is 10.1 Å². The maximum atomic E-state index is 11.1. The molecule has 22 heavy (non-hydrogen) atoms. The highest BCUT2D eigenvalue weighted by atomic mass is 16.6. The Balaban J connectivity index is 1.69. The van der Waals surface area contributed by atoms with Crippen molar-refractivity contribution in [2.24, 2.45) is 5.92 Å². The highest BCUT2D eigenvalue weighted by Crippen LogP contribution is 2.36. The van der Waals surface area contributed by atoms with Crippen LogP contribution in [-0.4, -0.2) is 42.1 Å². The Kier molecular flexibility index (Phi) is 4.34. The molecule has 120 valence electrons. The molecule has 0 amide bonds. The van der Waals surface area contributed by atoms with Crippen LogP contribution in [0.3, 0.4) is 0 Å². The molecule has 1 N–H and O–H groups in total. The van der Waals surface area contributed by atoms with E-state index in [1.807, 2.05) is 12.1 Å². The van der Waals surface area contributed by atoms with Crippen LogP contribution in [0.1, 0.15) is 32.1 Å². The van der Waals surface area contributed by atoms with Crippen molar-refractivity contribution < 1.29 is 9.41 Å². The van der Waals surface area contributed by atoms with Crippen LogP contribution in [0.5, 0.6) is 0 Å². The molecule has 2 heterocycles. The number of nitrogens with one attached hydrogen (secondary N) is 1. The maximum absolute atomic E-state index is 11.1. The number of piperidine rings is 2. The van der Waals surface area contributed by atoms with Crippen molar-refractivity contribution in [1.82, 2.24) is 0 Å². The fraction of sp³-hybridized carbons (Fsp3) is 0.647. The number of nitro benzene ring substituents is 1. The fourth-order valence-electron chi connectivity index (χ4n) is 4.49. The van der Waals surface area contributed by atoms with Gasteiger partial charge in [0.05, 0.1) is 31.1 Å². The van der Waals surface area contributed by atoms with E-state index in [0.29, 0.717) is 11.6 Å². The van der Waals surface area contributed by atoms with E-state index in [0.717, 1.165) is 12.6 Å². The lowest BCUT2D eigenvalue weighted by molar-refractivity contribution is -0.946. The number of rotatable bonds is 4. The van der Waals surface area contributed by atoms with E-state index >= 15 is 0 Å². The summed E-state index contributed by atoms with van der Waals surface area (Å²) in [5.74, 6) is 0.624. The van der Waals surface area contributed by atoms with Crippen LogP contribution in [-0.2, 0) is 0 Å². The molecule has 3 rings (SSSR count). The third-order valence-electron chi connectivity index (χ3n) is 5.66. The van der Waals surface area contributed by atoms with Gasteiger partial charge in [0.15, 0.2) is 0 Å². The molecule has 0 unspecified atom stereocenters. The molecular formula is C17H26N3O2+. The van der Waals surface area contributed by atoms with Gasteiger partial charge in [0.25, 0.3) is 5.69 Å². The van der Waals surface area contributed by atoms with Gasteiger partial charge >= 0.3 is 0 Å². The molecular weight excluding hydrogens is 278 g/mol. The molecule has 5 nitrogen and oxygen atoms in total. The second-order valence-corrected chi connectivity index (χ2v) is 7.05. The zero-order valence-corrected chi connectivity index (χ0v) is 13.3. The first-order valence-electron chi connectivity index (χ1n) is 8.42. The summed E-state index contributed by atoms with van der Waals surface area (Å²) in [6.07, 6.45) is 6.50. The van der Waals surface area contributed by atoms with E-state index < -0.39 is 0 Å². The SMILES string of the molecule is C[N@+]12CCCC[C@@H]1[C@H](CNc1ccccc1[N+](=O)[O-])CCC2. The number of nitro groups is 1. The predicted octanol–water partition coefficient (Wildman–Crippen LogP) is 3.42. The number of benzene rings is 1. The Hall–Kier alpha value is -1.62. The monoisotopic (exact) mass is 304 g/mol. The van der Waals surface area contributed by atoms with Crippen LogP contribution < -0.4 is 5.32 Å². The first-order chi connectivity index (χ1) is 10.6. The fourth-order valence-corrected chi connectivity index (χ4v) is 4.49. The van der Waals surface area contributed by atoms with Gasteiger partial charge in [0.1, 0.15) is 5.69 Å². The Labute approximate surface area is 132 Å². The molecule has 1 aromatic carbocycles. The first kappa shape index (κ1) is 15.3. The summed E-state index contributed by atoms with van der Waals surface area (Å²) in [7, 11) is 2.40. The van der Waals surface area contributed by atoms with Crippen molar-refractivity contribution in [2.75, 3.05) is 32.0 Å². The van der Waals surface area contributed by atoms with Crippen molar-refractivity contribution in [1.29, 1.82) is 0 Å². The minimum Gasteiger partial charge on any atom is -0.379 e. The highest BCUT2D eigenvalue weighted by Gasteiger charge is 2.43. The Bertz CT molecular complexity index is 544. The highest BCUT2D eigenvalue weighted by molar-refractivity contribution is 5.61. The zero-order chi connectivity index (χ0) is 15.6. The number of anilines is 1. The topological polar surface area (TPSA) is 55.2 Å². The van der Waals surface area contributed by atoms with Crippen molar-refractivity contribution in [3.05, 3.63) is 34.4 Å². The summed E-state index contributed by atoms with van der Waals surface area (Å²) in [5.41, 5.74) is 0.835. The molecule has 2 saturated heterocycles. The molecule has 2 aliphatic heterocycles. The van der Waals surface area contributed by atoms with Gasteiger partial charge in [-0.25, -0.2) is 0 Å². The summed E-state index contributed by atoms with van der Waals surface area (Å²) in [6.45, 7) is 3.45. The molecule has 2 aliphatic rings. The molecule has 0 saturated carbocycles. The Morgan fingerprint density at radius 2 is 2.00 bits per heavy atom. The van der Waals surface area contributed by atoms with E-state index in [1.54, 1.807) is 12.1 Å². The summed E-state index contributed by atoms with van der Waals surface area (Å²) < 4.78 is 1.21. The third-order valence-corrected chi connectivity index (χ3v) is 5.66. The van der Waals surface area contributed by atoms with Crippen molar-refractivity contribution in [2.45, 2.75) is 38.1 Å². The van der Waals surface area contributed by atoms with Gasteiger partial charge in [-0.05, 0) is 38.2 Å². The van der Waals surface area contributed by atoms with Crippen molar-refractivity contribution >= 4 is 11.4 Å². The smallest absolute Gasteiger partial charge is 0.292 e. The van der Waals surface area contributed by atoms with Gasteiger partial charge in [0, 0.05) is 18.5 Å². The van der Waals surface area contributed by atoms with Crippen LogP contribution in [0, 0.1) is 16.0 Å². The summed E-state index contributed by atoms with van der Waals surface area (Å²) in [5, 5.41) is 14.5. The largest absolute Gasteiger partial charge is 0.379 e. The Morgan fingerprint density at radius 1 is 1.23 bits per heavy atom. The average molecular weight is 304 g/mol. The molecule has 0 spiro atoms. The summed E-state index contributed by atoms with van der Waals surface area (Å²) in [4.78, 5) is 10.8. The molecule has 5 heteroatoms. The second kappa shape index (κ2) is 6.24. The lowest BCUT2D eigenvalue weighted by Gasteiger charge is -2.51. The summed E-state index contributed by atoms with van der Waals surface area (Å²) in [6, 6.07) is 7.69. The normalized spacial score (nSPS) is 31.3. The van der Waals surface area contributed by atoms with E-state index in [4.69, 9.17) is 0 Å². The van der Waals surface area contributed by atoms with E-state index in [1.165, 1.54) is 49.7 Å². The standard InChI is InChI=1S/C17H26N3O2/c1-20-11-5-4-10-17(20)14(7-6-12-20)13-18-15-8-2-3-9-16(15)19(21)22/h2-3,8-9,14,17-18H,4-7,10-13H2,1H3/q+1/t14-,17+,20+/m0/s1. The molecule has 0 aliphatic carbocycles. The van der Waals surface area contributed by atoms with E-state index in [2.05, 4.69) is 12.4 Å². The molecule has 2 fully saturated rings. The molecule has 1 aromatic rings. The van der Waals surface area contributed by atoms with Crippen LogP contribution in [0.4, 0.5) is 11.4 Å². The van der Waals surface area contributed by atoms with Gasteiger partial charge < -0.3 is 9.80 Å². The lowest BCUT2D eigenvalue weighted by atomic mass is 9.81. The quantitative estimate of drug-likeness (QED) is 0.527. The number of para-hydroxylation sites is 2. The first-order valence-corrected chi connectivity index (χ1v) is 8.42. The molecule has 3 atom stereocenters. The van der Waals surface area contributed by atoms with Gasteiger partial charge in [-0.1, -0.05) is 12.1 Å². The molecule has 0 radical (unpaired) electrons. The third kappa shape index (κ3) is 2.95. The number of fused-ring (bicyclic) bond motifs is 1. The second-order valence-electron chi connectivity index (χ2n) is 7.05. The zero-order valence-electron chi connectivity index (χ0n) is 13.3. The number of hydrogen-bond donors (Lipinski definition) is 1. The van der Waals surface area contributed by atoms with Crippen molar-refractivity contribution in [3.8, 4) is 0 Å². The lowest BCUT2D eigenvalue weighted by Crippen LogP contribution is -2.61. The van der Waals surface area contributed by atoms with Crippen molar-refractivity contribution in [3.63, 3.8) is 0 Å². The minimum atomic E-state index is -0.302. The predicted molar refractivity (Wildman–Crippen MR) is 87.9 cm³/mol. The van der Waals surface area contributed by atoms with Gasteiger partial charge in [0.2, 0.25) is 0 Å². The number of quaternary nitrogens is 1. The van der Waals surface area contributed by atoms with Crippen LogP contribution in [0.15, 0.2) is 24.3 Å². The number of hydrogen-bond acceptors (Lipinski definition) is 3. The molecule has 0 aromatic heterocycles. The average Bonchev–Trinajstić information content (AvgIpc) is 2.52. The van der Waals surface area contributed by atoms with Crippen LogP contribution >= 0.6 is 0 Å². The minimum absolute atomic E-state index is 0.180. The summed E-state index contributed by atoms with van der Waals surface area (Å²) >= 11 is 0. The molecule has 0 bridgehead atoms. The number of nitrogens with zero attached hydrogens (tertiary/aromatic N) is 2. The van der Waals surface area contributed by atoms with Crippen LogP contribution in [0.25, 0.3) is 0 Å². The Morgan fingerprint density at radius 3 is 2.82 bits per heavy atom. The van der Waals surface area contributed by atoms with Gasteiger partial charge in [-0.2, -0.15) is 0 Å². The van der Waals surface area contributed by atoms with Crippen LogP contribution in [0.2, 0.25) is 0 Å². The maximum Gasteiger partial charge on any atom is 0.292 e. The van der Waals surface area contributed by atoms with E-state index in [-0.39, 0.29) is 10.6 Å². The van der Waals surface area contributed by atoms with E-state index in [9.17, 15) is 10.1 Å².